The van der Waals surface area contributed by atoms with Crippen LogP contribution in [-0.4, -0.2) is 49.0 Å². The molecule has 2 heterocycles. The number of benzene rings is 2. The van der Waals surface area contributed by atoms with E-state index in [9.17, 15) is 14.4 Å². The quantitative estimate of drug-likeness (QED) is 0.416. The third-order valence-corrected chi connectivity index (χ3v) is 5.98. The number of nitrogens with zero attached hydrogens (tertiary/aromatic N) is 1. The smallest absolute Gasteiger partial charge is 0.294 e. The lowest BCUT2D eigenvalue weighted by molar-refractivity contribution is -0.127. The van der Waals surface area contributed by atoms with Crippen molar-refractivity contribution in [2.24, 2.45) is 0 Å². The van der Waals surface area contributed by atoms with Gasteiger partial charge in [0.15, 0.2) is 23.0 Å². The van der Waals surface area contributed by atoms with E-state index in [4.69, 9.17) is 18.9 Å². The SMILES string of the molecule is CCCCOc1ccc(C=C2SC(=O)N(CC(=O)Nc3ccc4c(c3)OCO4)C2=O)cc1OC. The summed E-state index contributed by atoms with van der Waals surface area (Å²) in [6.45, 7) is 2.39. The number of ether oxygens (including phenoxy) is 4. The highest BCUT2D eigenvalue weighted by Gasteiger charge is 2.36. The summed E-state index contributed by atoms with van der Waals surface area (Å²) in [5, 5.41) is 2.16. The number of hydrogen-bond donors (Lipinski definition) is 1. The van der Waals surface area contributed by atoms with E-state index in [1.165, 1.54) is 0 Å². The number of thioether (sulfide) groups is 1. The summed E-state index contributed by atoms with van der Waals surface area (Å²) in [5.41, 5.74) is 1.15. The van der Waals surface area contributed by atoms with Crippen molar-refractivity contribution in [1.29, 1.82) is 0 Å². The molecule has 1 saturated heterocycles. The van der Waals surface area contributed by atoms with Crippen molar-refractivity contribution >= 4 is 40.6 Å². The van der Waals surface area contributed by atoms with Crippen molar-refractivity contribution in [3.63, 3.8) is 0 Å². The van der Waals surface area contributed by atoms with E-state index in [2.05, 4.69) is 12.2 Å². The van der Waals surface area contributed by atoms with E-state index >= 15 is 0 Å². The van der Waals surface area contributed by atoms with E-state index in [-0.39, 0.29) is 11.7 Å². The maximum atomic E-state index is 12.8. The van der Waals surface area contributed by atoms with Gasteiger partial charge in [-0.05, 0) is 54.1 Å². The molecule has 0 radical (unpaired) electrons. The normalized spacial score (nSPS) is 15.7. The number of anilines is 1. The Bertz CT molecular complexity index is 1150. The average molecular weight is 485 g/mol. The van der Waals surface area contributed by atoms with Crippen LogP contribution < -0.4 is 24.3 Å². The first-order chi connectivity index (χ1) is 16.5. The summed E-state index contributed by atoms with van der Waals surface area (Å²) in [7, 11) is 1.54. The molecule has 3 amide bonds. The van der Waals surface area contributed by atoms with Gasteiger partial charge in [0.05, 0.1) is 18.6 Å². The number of carbonyl (C=O) groups excluding carboxylic acids is 3. The summed E-state index contributed by atoms with van der Waals surface area (Å²) in [4.78, 5) is 38.8. The van der Waals surface area contributed by atoms with Crippen molar-refractivity contribution in [3.8, 4) is 23.0 Å². The van der Waals surface area contributed by atoms with Gasteiger partial charge in [0.1, 0.15) is 6.54 Å². The average Bonchev–Trinajstić information content (AvgIpc) is 3.39. The number of rotatable bonds is 9. The van der Waals surface area contributed by atoms with Crippen molar-refractivity contribution in [2.45, 2.75) is 19.8 Å². The second-order valence-corrected chi connectivity index (χ2v) is 8.49. The zero-order valence-corrected chi connectivity index (χ0v) is 19.6. The molecule has 0 unspecified atom stereocenters. The molecule has 1 fully saturated rings. The zero-order chi connectivity index (χ0) is 24.1. The molecule has 1 N–H and O–H groups in total. The summed E-state index contributed by atoms with van der Waals surface area (Å²) < 4.78 is 21.6. The highest BCUT2D eigenvalue weighted by molar-refractivity contribution is 8.18. The second kappa shape index (κ2) is 10.5. The van der Waals surface area contributed by atoms with Crippen LogP contribution in [0.2, 0.25) is 0 Å². The first kappa shape index (κ1) is 23.5. The predicted octanol–water partition coefficient (Wildman–Crippen LogP) is 4.28. The molecule has 0 aromatic heterocycles. The van der Waals surface area contributed by atoms with Crippen LogP contribution in [0.15, 0.2) is 41.3 Å². The van der Waals surface area contributed by atoms with E-state index in [1.807, 2.05) is 0 Å². The Kier molecular flexibility index (Phi) is 7.27. The van der Waals surface area contributed by atoms with Gasteiger partial charge in [-0.15, -0.1) is 0 Å². The van der Waals surface area contributed by atoms with Crippen molar-refractivity contribution in [1.82, 2.24) is 4.90 Å². The van der Waals surface area contributed by atoms with Gasteiger partial charge in [-0.1, -0.05) is 19.4 Å². The van der Waals surface area contributed by atoms with E-state index < -0.39 is 23.6 Å². The van der Waals surface area contributed by atoms with Gasteiger partial charge >= 0.3 is 0 Å². The number of nitrogens with one attached hydrogen (secondary N) is 1. The Hall–Kier alpha value is -3.66. The molecule has 0 saturated carbocycles. The topological polar surface area (TPSA) is 103 Å². The van der Waals surface area contributed by atoms with Crippen LogP contribution in [0.5, 0.6) is 23.0 Å². The van der Waals surface area contributed by atoms with Crippen molar-refractivity contribution < 1.29 is 33.3 Å². The zero-order valence-electron chi connectivity index (χ0n) is 18.8. The molecule has 178 valence electrons. The highest BCUT2D eigenvalue weighted by Crippen LogP contribution is 2.36. The van der Waals surface area contributed by atoms with Gasteiger partial charge in [-0.2, -0.15) is 0 Å². The number of methoxy groups -OCH3 is 1. The van der Waals surface area contributed by atoms with Gasteiger partial charge in [-0.3, -0.25) is 19.3 Å². The molecule has 4 rings (SSSR count). The molecule has 2 aromatic rings. The number of amides is 3. The van der Waals surface area contributed by atoms with E-state index in [0.29, 0.717) is 40.9 Å². The molecule has 0 bridgehead atoms. The predicted molar refractivity (Wildman–Crippen MR) is 127 cm³/mol. The minimum Gasteiger partial charge on any atom is -0.493 e. The van der Waals surface area contributed by atoms with Gasteiger partial charge in [0, 0.05) is 11.8 Å². The molecule has 2 aromatic carbocycles. The Labute approximate surface area is 201 Å². The molecule has 0 atom stereocenters. The molecular weight excluding hydrogens is 460 g/mol. The standard InChI is InChI=1S/C24H24N2O7S/c1-3-4-9-31-17-7-5-15(10-19(17)30-2)11-21-23(28)26(24(29)34-21)13-22(27)25-16-6-8-18-20(12-16)33-14-32-18/h5-8,10-12H,3-4,9,13-14H2,1-2H3,(H,25,27). The Balaban J connectivity index is 1.41. The van der Waals surface area contributed by atoms with Crippen LogP contribution in [0.25, 0.3) is 6.08 Å². The molecule has 2 aliphatic heterocycles. The lowest BCUT2D eigenvalue weighted by Gasteiger charge is -2.13. The minimum atomic E-state index is -0.530. The summed E-state index contributed by atoms with van der Waals surface area (Å²) in [6, 6.07) is 10.2. The number of unbranched alkanes of at least 4 members (excludes halogenated alkanes) is 1. The number of carbonyl (C=O) groups is 3. The van der Waals surface area contributed by atoms with Crippen LogP contribution in [0.3, 0.4) is 0 Å². The van der Waals surface area contributed by atoms with Crippen LogP contribution in [-0.2, 0) is 9.59 Å². The molecular formula is C24H24N2O7S. The van der Waals surface area contributed by atoms with Crippen molar-refractivity contribution in [2.75, 3.05) is 32.4 Å². The molecule has 0 aliphatic carbocycles. The maximum Gasteiger partial charge on any atom is 0.294 e. The highest BCUT2D eigenvalue weighted by atomic mass is 32.2. The molecule has 2 aliphatic rings. The molecule has 0 spiro atoms. The monoisotopic (exact) mass is 484 g/mol. The maximum absolute atomic E-state index is 12.8. The Morgan fingerprint density at radius 2 is 1.97 bits per heavy atom. The Morgan fingerprint density at radius 1 is 1.15 bits per heavy atom. The number of hydrogen-bond acceptors (Lipinski definition) is 8. The summed E-state index contributed by atoms with van der Waals surface area (Å²) in [6.07, 6.45) is 3.55. The fourth-order valence-electron chi connectivity index (χ4n) is 3.33. The lowest BCUT2D eigenvalue weighted by Crippen LogP contribution is -2.36. The van der Waals surface area contributed by atoms with Crippen molar-refractivity contribution in [3.05, 3.63) is 46.9 Å². The fourth-order valence-corrected chi connectivity index (χ4v) is 4.16. The van der Waals surface area contributed by atoms with Crippen LogP contribution in [0.1, 0.15) is 25.3 Å². The summed E-state index contributed by atoms with van der Waals surface area (Å²) in [5.74, 6) is 1.22. The largest absolute Gasteiger partial charge is 0.493 e. The van der Waals surface area contributed by atoms with Gasteiger partial charge < -0.3 is 24.3 Å². The first-order valence-corrected chi connectivity index (χ1v) is 11.6. The fraction of sp³-hybridized carbons (Fsp3) is 0.292. The van der Waals surface area contributed by atoms with Crippen LogP contribution in [0.4, 0.5) is 10.5 Å². The molecule has 34 heavy (non-hydrogen) atoms. The van der Waals surface area contributed by atoms with Gasteiger partial charge in [0.2, 0.25) is 12.7 Å². The second-order valence-electron chi connectivity index (χ2n) is 7.50. The minimum absolute atomic E-state index is 0.121. The first-order valence-electron chi connectivity index (χ1n) is 10.7. The summed E-state index contributed by atoms with van der Waals surface area (Å²) >= 11 is 0.786. The number of fused-ring (bicyclic) bond motifs is 1. The van der Waals surface area contributed by atoms with Crippen LogP contribution >= 0.6 is 11.8 Å². The van der Waals surface area contributed by atoms with Gasteiger partial charge in [-0.25, -0.2) is 0 Å². The third kappa shape index (κ3) is 5.28. The Morgan fingerprint density at radius 3 is 2.76 bits per heavy atom. The lowest BCUT2D eigenvalue weighted by atomic mass is 10.2. The van der Waals surface area contributed by atoms with E-state index in [0.717, 1.165) is 29.5 Å². The van der Waals surface area contributed by atoms with Crippen LogP contribution in [0, 0.1) is 0 Å². The third-order valence-electron chi connectivity index (χ3n) is 5.07. The molecule has 10 heteroatoms. The molecule has 9 nitrogen and oxygen atoms in total. The number of imide groups is 1. The van der Waals surface area contributed by atoms with Gasteiger partial charge in [0.25, 0.3) is 11.1 Å². The van der Waals surface area contributed by atoms with E-state index in [1.54, 1.807) is 49.6 Å².